The van der Waals surface area contributed by atoms with Crippen molar-refractivity contribution in [2.75, 3.05) is 25.0 Å². The van der Waals surface area contributed by atoms with Crippen LogP contribution in [0.4, 0.5) is 5.69 Å². The van der Waals surface area contributed by atoms with Gasteiger partial charge in [0.2, 0.25) is 5.91 Å². The molecule has 2 rings (SSSR count). The van der Waals surface area contributed by atoms with Crippen LogP contribution in [0.3, 0.4) is 0 Å². The first-order valence-corrected chi connectivity index (χ1v) is 6.21. The molecule has 1 fully saturated rings. The number of nitrogens with one attached hydrogen (secondary N) is 1. The summed E-state index contributed by atoms with van der Waals surface area (Å²) in [6, 6.07) is 9.33. The van der Waals surface area contributed by atoms with Crippen LogP contribution in [0.5, 0.6) is 0 Å². The number of carbonyl (C=O) groups is 1. The van der Waals surface area contributed by atoms with Crippen LogP contribution in [0.15, 0.2) is 24.3 Å². The van der Waals surface area contributed by atoms with Crippen LogP contribution in [0.1, 0.15) is 18.4 Å². The summed E-state index contributed by atoms with van der Waals surface area (Å²) in [4.78, 5) is 14.0. The first kappa shape index (κ1) is 12.6. The molecule has 0 aliphatic carbocycles. The number of hydrogen-bond acceptors (Lipinski definition) is 3. The second-order valence-electron chi connectivity index (χ2n) is 4.57. The molecule has 1 aliphatic rings. The quantitative estimate of drug-likeness (QED) is 0.856. The molecular weight excluding hydrogens is 226 g/mol. The second-order valence-corrected chi connectivity index (χ2v) is 4.57. The van der Waals surface area contributed by atoms with Gasteiger partial charge in [-0.15, -0.1) is 0 Å². The highest BCUT2D eigenvalue weighted by molar-refractivity contribution is 5.95. The van der Waals surface area contributed by atoms with Crippen LogP contribution >= 0.6 is 0 Å². The minimum absolute atomic E-state index is 0.0236. The zero-order valence-electron chi connectivity index (χ0n) is 10.5. The summed E-state index contributed by atoms with van der Waals surface area (Å²) in [6.45, 7) is 1.72. The van der Waals surface area contributed by atoms with Crippen LogP contribution in [0.2, 0.25) is 0 Å². The third-order valence-corrected chi connectivity index (χ3v) is 3.36. The Morgan fingerprint density at radius 2 is 2.28 bits per heavy atom. The Morgan fingerprint density at radius 3 is 2.94 bits per heavy atom. The predicted molar refractivity (Wildman–Crippen MR) is 70.2 cm³/mol. The van der Waals surface area contributed by atoms with Gasteiger partial charge in [0.05, 0.1) is 17.2 Å². The van der Waals surface area contributed by atoms with Gasteiger partial charge in [0.25, 0.3) is 0 Å². The fraction of sp³-hybridized carbons (Fsp3) is 0.429. The van der Waals surface area contributed by atoms with Gasteiger partial charge in [-0.05, 0) is 31.5 Å². The molecule has 4 nitrogen and oxygen atoms in total. The summed E-state index contributed by atoms with van der Waals surface area (Å²) in [5.41, 5.74) is 1.23. The average Bonchev–Trinajstić information content (AvgIpc) is 2.46. The van der Waals surface area contributed by atoms with Crippen molar-refractivity contribution in [3.8, 4) is 6.07 Å². The summed E-state index contributed by atoms with van der Waals surface area (Å²) in [5.74, 6) is 0.111. The molecule has 1 aromatic rings. The summed E-state index contributed by atoms with van der Waals surface area (Å²) < 4.78 is 0. The number of amides is 1. The van der Waals surface area contributed by atoms with E-state index in [0.717, 1.165) is 25.9 Å². The highest BCUT2D eigenvalue weighted by Gasteiger charge is 2.25. The summed E-state index contributed by atoms with van der Waals surface area (Å²) in [7, 11) is 1.74. The minimum Gasteiger partial charge on any atom is -0.316 e. The Hall–Kier alpha value is -1.86. The lowest BCUT2D eigenvalue weighted by molar-refractivity contribution is -0.122. The van der Waals surface area contributed by atoms with Gasteiger partial charge in [0.1, 0.15) is 6.07 Å². The minimum atomic E-state index is 0.0236. The first-order valence-electron chi connectivity index (χ1n) is 6.21. The van der Waals surface area contributed by atoms with Gasteiger partial charge in [0.15, 0.2) is 0 Å². The van der Waals surface area contributed by atoms with Crippen molar-refractivity contribution in [2.24, 2.45) is 5.92 Å². The molecular formula is C14H17N3O. The fourth-order valence-corrected chi connectivity index (χ4v) is 2.32. The van der Waals surface area contributed by atoms with Crippen molar-refractivity contribution in [3.05, 3.63) is 29.8 Å². The number of nitrogens with zero attached hydrogens (tertiary/aromatic N) is 2. The molecule has 0 bridgehead atoms. The van der Waals surface area contributed by atoms with E-state index in [1.807, 2.05) is 18.2 Å². The van der Waals surface area contributed by atoms with E-state index < -0.39 is 0 Å². The van der Waals surface area contributed by atoms with E-state index in [9.17, 15) is 4.79 Å². The predicted octanol–water partition coefficient (Wildman–Crippen LogP) is 1.52. The topological polar surface area (TPSA) is 56.1 Å². The number of rotatable bonds is 2. The number of anilines is 1. The van der Waals surface area contributed by atoms with Gasteiger partial charge in [-0.3, -0.25) is 4.79 Å². The van der Waals surface area contributed by atoms with Gasteiger partial charge in [0, 0.05) is 13.6 Å². The highest BCUT2D eigenvalue weighted by atomic mass is 16.2. The lowest BCUT2D eigenvalue weighted by Gasteiger charge is -2.27. The van der Waals surface area contributed by atoms with E-state index in [4.69, 9.17) is 5.26 Å². The van der Waals surface area contributed by atoms with E-state index >= 15 is 0 Å². The van der Waals surface area contributed by atoms with E-state index in [2.05, 4.69) is 11.4 Å². The number of nitriles is 1. The maximum absolute atomic E-state index is 12.3. The lowest BCUT2D eigenvalue weighted by atomic mass is 9.98. The Morgan fingerprint density at radius 1 is 1.50 bits per heavy atom. The van der Waals surface area contributed by atoms with E-state index in [0.29, 0.717) is 11.3 Å². The van der Waals surface area contributed by atoms with Gasteiger partial charge in [-0.2, -0.15) is 5.26 Å². The maximum Gasteiger partial charge on any atom is 0.231 e. The number of carbonyl (C=O) groups excluding carboxylic acids is 1. The normalized spacial score (nSPS) is 19.0. The monoisotopic (exact) mass is 243 g/mol. The smallest absolute Gasteiger partial charge is 0.231 e. The van der Waals surface area contributed by atoms with Gasteiger partial charge < -0.3 is 10.2 Å². The van der Waals surface area contributed by atoms with Crippen LogP contribution in [0, 0.1) is 17.2 Å². The Kier molecular flexibility index (Phi) is 3.96. The zero-order valence-corrected chi connectivity index (χ0v) is 10.5. The molecule has 0 aromatic heterocycles. The molecule has 18 heavy (non-hydrogen) atoms. The molecule has 1 amide bonds. The largest absolute Gasteiger partial charge is 0.316 e. The van der Waals surface area contributed by atoms with Crippen molar-refractivity contribution >= 4 is 11.6 Å². The van der Waals surface area contributed by atoms with Crippen molar-refractivity contribution < 1.29 is 4.79 Å². The molecule has 4 heteroatoms. The lowest BCUT2D eigenvalue weighted by Crippen LogP contribution is -2.41. The molecule has 0 unspecified atom stereocenters. The van der Waals surface area contributed by atoms with E-state index in [1.165, 1.54) is 0 Å². The molecule has 1 N–H and O–H groups in total. The van der Waals surface area contributed by atoms with E-state index in [-0.39, 0.29) is 11.8 Å². The maximum atomic E-state index is 12.3. The molecule has 1 aromatic carbocycles. The standard InChI is InChI=1S/C14H17N3O/c1-17(13-7-3-2-5-11(13)9-15)14(18)12-6-4-8-16-10-12/h2-3,5,7,12,16H,4,6,8,10H2,1H3/t12-/m1/s1. The number of hydrogen-bond donors (Lipinski definition) is 1. The Labute approximate surface area is 107 Å². The zero-order chi connectivity index (χ0) is 13.0. The Bertz CT molecular complexity index is 472. The molecule has 1 heterocycles. The van der Waals surface area contributed by atoms with Crippen molar-refractivity contribution in [3.63, 3.8) is 0 Å². The van der Waals surface area contributed by atoms with Crippen molar-refractivity contribution in [2.45, 2.75) is 12.8 Å². The Balaban J connectivity index is 2.17. The SMILES string of the molecule is CN(C(=O)[C@@H]1CCCNC1)c1ccccc1C#N. The summed E-state index contributed by atoms with van der Waals surface area (Å²) in [5, 5.41) is 12.3. The van der Waals surface area contributed by atoms with Crippen LogP contribution in [-0.4, -0.2) is 26.0 Å². The van der Waals surface area contributed by atoms with Crippen LogP contribution in [0.25, 0.3) is 0 Å². The van der Waals surface area contributed by atoms with Crippen LogP contribution in [-0.2, 0) is 4.79 Å². The fourth-order valence-electron chi connectivity index (χ4n) is 2.32. The second kappa shape index (κ2) is 5.65. The van der Waals surface area contributed by atoms with Crippen molar-refractivity contribution in [1.29, 1.82) is 5.26 Å². The molecule has 1 aliphatic heterocycles. The summed E-state index contributed by atoms with van der Waals surface area (Å²) in [6.07, 6.45) is 1.95. The number of para-hydroxylation sites is 1. The van der Waals surface area contributed by atoms with Gasteiger partial charge in [-0.25, -0.2) is 0 Å². The number of piperidine rings is 1. The molecule has 94 valence electrons. The molecule has 0 radical (unpaired) electrons. The molecule has 0 saturated carbocycles. The molecule has 1 saturated heterocycles. The summed E-state index contributed by atoms with van der Waals surface area (Å²) >= 11 is 0. The van der Waals surface area contributed by atoms with E-state index in [1.54, 1.807) is 18.0 Å². The molecule has 0 spiro atoms. The third kappa shape index (κ3) is 2.52. The number of benzene rings is 1. The highest BCUT2D eigenvalue weighted by Crippen LogP contribution is 2.22. The third-order valence-electron chi connectivity index (χ3n) is 3.36. The molecule has 1 atom stereocenters. The van der Waals surface area contributed by atoms with Gasteiger partial charge in [-0.1, -0.05) is 12.1 Å². The average molecular weight is 243 g/mol. The van der Waals surface area contributed by atoms with Crippen LogP contribution < -0.4 is 10.2 Å². The van der Waals surface area contributed by atoms with Crippen molar-refractivity contribution in [1.82, 2.24) is 5.32 Å². The van der Waals surface area contributed by atoms with Gasteiger partial charge >= 0.3 is 0 Å². The first-order chi connectivity index (χ1) is 8.74.